The van der Waals surface area contributed by atoms with E-state index >= 15 is 0 Å². The van der Waals surface area contributed by atoms with Gasteiger partial charge in [0.05, 0.1) is 12.7 Å². The second-order valence-corrected chi connectivity index (χ2v) is 4.55. The smallest absolute Gasteiger partial charge is 0.196 e. The quantitative estimate of drug-likeness (QED) is 0.754. The van der Waals surface area contributed by atoms with Gasteiger partial charge in [-0.3, -0.25) is 4.79 Å². The summed E-state index contributed by atoms with van der Waals surface area (Å²) >= 11 is 0. The van der Waals surface area contributed by atoms with E-state index in [0.717, 1.165) is 5.56 Å². The van der Waals surface area contributed by atoms with Crippen LogP contribution in [0.1, 0.15) is 35.7 Å². The Labute approximate surface area is 108 Å². The van der Waals surface area contributed by atoms with Crippen LogP contribution in [-0.2, 0) is 0 Å². The van der Waals surface area contributed by atoms with Crippen LogP contribution in [-0.4, -0.2) is 37.7 Å². The number of hydrogen-bond acceptors (Lipinski definition) is 4. The number of carbonyl (C=O) groups excluding carboxylic acids is 1. The van der Waals surface area contributed by atoms with Crippen LogP contribution in [0.15, 0.2) is 18.2 Å². The lowest BCUT2D eigenvalue weighted by atomic mass is 9.97. The molecule has 1 rings (SSSR count). The van der Waals surface area contributed by atoms with E-state index in [1.165, 1.54) is 7.11 Å². The van der Waals surface area contributed by atoms with Crippen molar-refractivity contribution in [3.8, 4) is 5.75 Å². The predicted molar refractivity (Wildman–Crippen MR) is 71.3 cm³/mol. The van der Waals surface area contributed by atoms with E-state index in [4.69, 9.17) is 4.74 Å². The summed E-state index contributed by atoms with van der Waals surface area (Å²) in [4.78, 5) is 12.1. The minimum atomic E-state index is -1.05. The number of nitrogens with one attached hydrogen (secondary N) is 1. The summed E-state index contributed by atoms with van der Waals surface area (Å²) in [6, 6.07) is 5.50. The molecular weight excluding hydrogens is 230 g/mol. The molecule has 18 heavy (non-hydrogen) atoms. The Hall–Kier alpha value is -1.39. The van der Waals surface area contributed by atoms with Gasteiger partial charge in [0.15, 0.2) is 5.78 Å². The molecule has 0 saturated heterocycles. The molecule has 0 aliphatic heterocycles. The molecule has 1 aromatic carbocycles. The first-order chi connectivity index (χ1) is 8.51. The van der Waals surface area contributed by atoms with Gasteiger partial charge in [-0.2, -0.15) is 0 Å². The van der Waals surface area contributed by atoms with Gasteiger partial charge in [-0.1, -0.05) is 19.9 Å². The summed E-state index contributed by atoms with van der Waals surface area (Å²) < 4.78 is 5.18. The second kappa shape index (κ2) is 6.52. The van der Waals surface area contributed by atoms with Crippen LogP contribution >= 0.6 is 0 Å². The van der Waals surface area contributed by atoms with Crippen molar-refractivity contribution in [2.75, 3.05) is 20.7 Å². The highest BCUT2D eigenvalue weighted by molar-refractivity contribution is 6.02. The van der Waals surface area contributed by atoms with Crippen molar-refractivity contribution >= 4 is 5.78 Å². The van der Waals surface area contributed by atoms with Crippen molar-refractivity contribution in [1.29, 1.82) is 0 Å². The summed E-state index contributed by atoms with van der Waals surface area (Å²) in [6.07, 6.45) is -1.05. The van der Waals surface area contributed by atoms with Crippen LogP contribution in [0.5, 0.6) is 5.75 Å². The van der Waals surface area contributed by atoms with Gasteiger partial charge < -0.3 is 15.2 Å². The lowest BCUT2D eigenvalue weighted by molar-refractivity contribution is 0.0747. The van der Waals surface area contributed by atoms with Gasteiger partial charge >= 0.3 is 0 Å². The van der Waals surface area contributed by atoms with Gasteiger partial charge in [0.25, 0.3) is 0 Å². The van der Waals surface area contributed by atoms with Gasteiger partial charge in [-0.05, 0) is 30.7 Å². The molecule has 1 unspecified atom stereocenters. The minimum Gasteiger partial charge on any atom is -0.496 e. The summed E-state index contributed by atoms with van der Waals surface area (Å²) in [5.41, 5.74) is 1.49. The fourth-order valence-electron chi connectivity index (χ4n) is 1.74. The number of rotatable bonds is 6. The first-order valence-electron chi connectivity index (χ1n) is 6.06. The first kappa shape index (κ1) is 14.7. The van der Waals surface area contributed by atoms with Crippen LogP contribution in [0.2, 0.25) is 0 Å². The van der Waals surface area contributed by atoms with Gasteiger partial charge in [0, 0.05) is 6.54 Å². The molecule has 1 atom stereocenters. The molecule has 0 saturated carbocycles. The van der Waals surface area contributed by atoms with Crippen LogP contribution in [0.4, 0.5) is 0 Å². The molecule has 100 valence electrons. The lowest BCUT2D eigenvalue weighted by Gasteiger charge is -2.14. The van der Waals surface area contributed by atoms with Gasteiger partial charge in [0.2, 0.25) is 0 Å². The highest BCUT2D eigenvalue weighted by atomic mass is 16.5. The van der Waals surface area contributed by atoms with Crippen LogP contribution < -0.4 is 10.1 Å². The Morgan fingerprint density at radius 1 is 1.44 bits per heavy atom. The Balaban J connectivity index is 3.11. The summed E-state index contributed by atoms with van der Waals surface area (Å²) in [7, 11) is 3.21. The third kappa shape index (κ3) is 3.31. The summed E-state index contributed by atoms with van der Waals surface area (Å²) in [5.74, 6) is 0.507. The van der Waals surface area contributed by atoms with E-state index in [0.29, 0.717) is 17.2 Å². The molecule has 0 amide bonds. The van der Waals surface area contributed by atoms with Gasteiger partial charge in [0.1, 0.15) is 11.9 Å². The molecule has 1 aromatic rings. The highest BCUT2D eigenvalue weighted by Crippen LogP contribution is 2.25. The Kier molecular flexibility index (Phi) is 5.31. The highest BCUT2D eigenvalue weighted by Gasteiger charge is 2.21. The topological polar surface area (TPSA) is 58.6 Å². The number of benzene rings is 1. The summed E-state index contributed by atoms with van der Waals surface area (Å²) in [5, 5.41) is 12.5. The number of likely N-dealkylation sites (N-methyl/N-ethyl adjacent to an activating group) is 1. The number of aliphatic hydroxyl groups excluding tert-OH is 1. The van der Waals surface area contributed by atoms with Crippen molar-refractivity contribution in [1.82, 2.24) is 5.32 Å². The van der Waals surface area contributed by atoms with Crippen molar-refractivity contribution in [3.63, 3.8) is 0 Å². The van der Waals surface area contributed by atoms with Crippen LogP contribution in [0.3, 0.4) is 0 Å². The fourth-order valence-corrected chi connectivity index (χ4v) is 1.74. The average Bonchev–Trinajstić information content (AvgIpc) is 2.37. The molecule has 2 N–H and O–H groups in total. The van der Waals surface area contributed by atoms with Crippen LogP contribution in [0, 0.1) is 0 Å². The molecule has 4 nitrogen and oxygen atoms in total. The number of aliphatic hydroxyl groups is 1. The summed E-state index contributed by atoms with van der Waals surface area (Å²) in [6.45, 7) is 4.34. The maximum absolute atomic E-state index is 12.1. The molecule has 0 aromatic heterocycles. The number of Topliss-reactive ketones (excluding diaryl/α,β-unsaturated/α-hetero) is 1. The van der Waals surface area contributed by atoms with E-state index < -0.39 is 6.10 Å². The number of ketones is 1. The maximum atomic E-state index is 12.1. The zero-order valence-corrected chi connectivity index (χ0v) is 11.4. The molecule has 0 heterocycles. The van der Waals surface area contributed by atoms with E-state index in [-0.39, 0.29) is 12.3 Å². The van der Waals surface area contributed by atoms with Gasteiger partial charge in [-0.15, -0.1) is 0 Å². The lowest BCUT2D eigenvalue weighted by Crippen LogP contribution is -2.31. The van der Waals surface area contributed by atoms with Crippen LogP contribution in [0.25, 0.3) is 0 Å². The molecule has 0 radical (unpaired) electrons. The number of methoxy groups -OCH3 is 1. The van der Waals surface area contributed by atoms with Crippen molar-refractivity contribution in [3.05, 3.63) is 29.3 Å². The Morgan fingerprint density at radius 2 is 2.11 bits per heavy atom. The van der Waals surface area contributed by atoms with Gasteiger partial charge in [-0.25, -0.2) is 0 Å². The van der Waals surface area contributed by atoms with E-state index in [1.54, 1.807) is 19.2 Å². The standard InChI is InChI=1S/C14H21NO3/c1-9(2)10-5-6-13(18-4)11(7-10)14(17)12(16)8-15-3/h5-7,9,12,15-16H,8H2,1-4H3. The zero-order chi connectivity index (χ0) is 13.7. The third-order valence-electron chi connectivity index (χ3n) is 2.86. The molecule has 0 aliphatic rings. The van der Waals surface area contributed by atoms with Crippen molar-refractivity contribution in [2.45, 2.75) is 25.9 Å². The monoisotopic (exact) mass is 251 g/mol. The average molecular weight is 251 g/mol. The van der Waals surface area contributed by atoms with E-state index in [9.17, 15) is 9.90 Å². The number of carbonyl (C=O) groups is 1. The molecule has 0 fully saturated rings. The normalized spacial score (nSPS) is 12.6. The molecule has 0 bridgehead atoms. The zero-order valence-electron chi connectivity index (χ0n) is 11.4. The Morgan fingerprint density at radius 3 is 2.61 bits per heavy atom. The predicted octanol–water partition coefficient (Wildman–Crippen LogP) is 1.58. The largest absolute Gasteiger partial charge is 0.496 e. The molecule has 0 spiro atoms. The van der Waals surface area contributed by atoms with Crippen molar-refractivity contribution < 1.29 is 14.6 Å². The number of ether oxygens (including phenoxy) is 1. The maximum Gasteiger partial charge on any atom is 0.196 e. The molecule has 0 aliphatic carbocycles. The SMILES string of the molecule is CNCC(O)C(=O)c1cc(C(C)C)ccc1OC. The second-order valence-electron chi connectivity index (χ2n) is 4.55. The Bertz CT molecular complexity index is 416. The van der Waals surface area contributed by atoms with Crippen molar-refractivity contribution in [2.24, 2.45) is 0 Å². The van der Waals surface area contributed by atoms with E-state index in [2.05, 4.69) is 19.2 Å². The third-order valence-corrected chi connectivity index (χ3v) is 2.86. The van der Waals surface area contributed by atoms with E-state index in [1.807, 2.05) is 6.07 Å². The number of hydrogen-bond donors (Lipinski definition) is 2. The first-order valence-corrected chi connectivity index (χ1v) is 6.06. The minimum absolute atomic E-state index is 0.230. The fraction of sp³-hybridized carbons (Fsp3) is 0.500. The molecule has 4 heteroatoms. The molecular formula is C14H21NO3.